The van der Waals surface area contributed by atoms with Crippen LogP contribution in [-0.2, 0) is 7.05 Å². The molecule has 0 aliphatic carbocycles. The monoisotopic (exact) mass is 225 g/mol. The lowest BCUT2D eigenvalue weighted by Crippen LogP contribution is -2.17. The van der Waals surface area contributed by atoms with Crippen LogP contribution in [0.3, 0.4) is 0 Å². The lowest BCUT2D eigenvalue weighted by molar-refractivity contribution is 0.516. The molecule has 16 heavy (non-hydrogen) atoms. The lowest BCUT2D eigenvalue weighted by Gasteiger charge is -2.02. The van der Waals surface area contributed by atoms with Crippen molar-refractivity contribution in [3.05, 3.63) is 46.4 Å². The molecule has 0 spiro atoms. The number of fused-ring (bicyclic) bond motifs is 1. The van der Waals surface area contributed by atoms with E-state index in [0.29, 0.717) is 5.39 Å². The zero-order chi connectivity index (χ0) is 12.3. The summed E-state index contributed by atoms with van der Waals surface area (Å²) in [6.45, 7) is 4.00. The molecule has 1 heterocycles. The molecule has 0 amide bonds. The molecule has 0 bridgehead atoms. The molecule has 2 rings (SSSR count). The van der Waals surface area contributed by atoms with E-state index in [4.69, 9.17) is 0 Å². The Hall–Kier alpha value is -1.71. The average molecular weight is 225 g/mol. The minimum atomic E-state index is -1.08. The molecule has 0 aliphatic heterocycles. The van der Waals surface area contributed by atoms with Gasteiger partial charge in [0.25, 0.3) is 5.56 Å². The second-order valence-corrected chi connectivity index (χ2v) is 3.06. The quantitative estimate of drug-likeness (QED) is 0.675. The van der Waals surface area contributed by atoms with Crippen LogP contribution >= 0.6 is 0 Å². The Labute approximate surface area is 92.1 Å². The highest BCUT2D eigenvalue weighted by atomic mass is 19.2. The number of aromatic nitrogens is 1. The highest BCUT2D eigenvalue weighted by Gasteiger charge is 2.10. The number of hydrogen-bond donors (Lipinski definition) is 0. The van der Waals surface area contributed by atoms with Crippen molar-refractivity contribution in [3.8, 4) is 0 Å². The third-order valence-corrected chi connectivity index (χ3v) is 2.14. The molecule has 2 nitrogen and oxygen atoms in total. The third kappa shape index (κ3) is 1.96. The van der Waals surface area contributed by atoms with Crippen LogP contribution in [0.2, 0.25) is 0 Å². The third-order valence-electron chi connectivity index (χ3n) is 2.14. The fourth-order valence-corrected chi connectivity index (χ4v) is 1.36. The average Bonchev–Trinajstić information content (AvgIpc) is 2.31. The summed E-state index contributed by atoms with van der Waals surface area (Å²) >= 11 is 0. The van der Waals surface area contributed by atoms with Crippen LogP contribution in [0.1, 0.15) is 13.8 Å². The number of nitrogens with zero attached hydrogens (tertiary/aromatic N) is 1. The molecular weight excluding hydrogens is 212 g/mol. The molecule has 0 atom stereocenters. The number of aryl methyl sites for hydroxylation is 1. The Morgan fingerprint density at radius 2 is 1.75 bits per heavy atom. The van der Waals surface area contributed by atoms with E-state index in [1.165, 1.54) is 23.9 Å². The van der Waals surface area contributed by atoms with Crippen molar-refractivity contribution in [2.24, 2.45) is 7.05 Å². The highest BCUT2D eigenvalue weighted by molar-refractivity contribution is 5.82. The van der Waals surface area contributed by atoms with Gasteiger partial charge < -0.3 is 4.57 Å². The summed E-state index contributed by atoms with van der Waals surface area (Å²) in [5.74, 6) is -2.08. The van der Waals surface area contributed by atoms with Gasteiger partial charge in [0, 0.05) is 13.2 Å². The van der Waals surface area contributed by atoms with Crippen molar-refractivity contribution in [2.45, 2.75) is 13.8 Å². The zero-order valence-electron chi connectivity index (χ0n) is 9.42. The van der Waals surface area contributed by atoms with Gasteiger partial charge in [-0.3, -0.25) is 4.79 Å². The van der Waals surface area contributed by atoms with Gasteiger partial charge in [-0.25, -0.2) is 8.78 Å². The maximum Gasteiger partial charge on any atom is 0.261 e. The summed E-state index contributed by atoms with van der Waals surface area (Å²) in [5, 5.41) is 0.210. The largest absolute Gasteiger partial charge is 0.318 e. The molecular formula is C12H13F2NO. The molecule has 1 aromatic heterocycles. The summed E-state index contributed by atoms with van der Waals surface area (Å²) in [7, 11) is 1.49. The molecule has 4 heteroatoms. The van der Waals surface area contributed by atoms with E-state index in [2.05, 4.69) is 0 Å². The lowest BCUT2D eigenvalue weighted by atomic mass is 10.1. The van der Waals surface area contributed by atoms with Gasteiger partial charge in [-0.2, -0.15) is 0 Å². The molecule has 0 N–H and O–H groups in total. The van der Waals surface area contributed by atoms with Gasteiger partial charge in [-0.15, -0.1) is 0 Å². The van der Waals surface area contributed by atoms with E-state index in [1.54, 1.807) is 6.07 Å². The summed E-state index contributed by atoms with van der Waals surface area (Å²) < 4.78 is 27.3. The molecule has 0 saturated heterocycles. The van der Waals surface area contributed by atoms with E-state index < -0.39 is 17.2 Å². The van der Waals surface area contributed by atoms with E-state index in [9.17, 15) is 13.6 Å². The number of rotatable bonds is 0. The van der Waals surface area contributed by atoms with E-state index in [0.717, 1.165) is 6.07 Å². The summed E-state index contributed by atoms with van der Waals surface area (Å²) in [4.78, 5) is 11.5. The van der Waals surface area contributed by atoms with Crippen LogP contribution in [0, 0.1) is 11.6 Å². The molecule has 0 unspecified atom stereocenters. The molecule has 0 aliphatic rings. The fraction of sp³-hybridized carbons (Fsp3) is 0.250. The molecule has 0 fully saturated rings. The molecule has 0 saturated carbocycles. The standard InChI is InChI=1S/C10H7F2NO.C2H6/c1-13-5-4-6-2-3-7(11)9(12)8(6)10(13)14;1-2/h2-5H,1H3;1-2H3. The molecule has 86 valence electrons. The van der Waals surface area contributed by atoms with E-state index in [-0.39, 0.29) is 5.39 Å². The van der Waals surface area contributed by atoms with Gasteiger partial charge in [0.05, 0.1) is 5.39 Å². The van der Waals surface area contributed by atoms with Gasteiger partial charge in [0.2, 0.25) is 0 Å². The second-order valence-electron chi connectivity index (χ2n) is 3.06. The minimum absolute atomic E-state index is 0.199. The number of hydrogen-bond acceptors (Lipinski definition) is 1. The van der Waals surface area contributed by atoms with Crippen molar-refractivity contribution < 1.29 is 8.78 Å². The highest BCUT2D eigenvalue weighted by Crippen LogP contribution is 2.16. The molecule has 2 aromatic rings. The normalized spacial score (nSPS) is 9.81. The van der Waals surface area contributed by atoms with Gasteiger partial charge in [0.1, 0.15) is 0 Å². The number of pyridine rings is 1. The van der Waals surface area contributed by atoms with Crippen molar-refractivity contribution in [1.82, 2.24) is 4.57 Å². The first-order valence-electron chi connectivity index (χ1n) is 5.04. The van der Waals surface area contributed by atoms with E-state index in [1.807, 2.05) is 13.8 Å². The summed E-state index contributed by atoms with van der Waals surface area (Å²) in [6.07, 6.45) is 1.52. The molecule has 0 radical (unpaired) electrons. The van der Waals surface area contributed by atoms with E-state index >= 15 is 0 Å². The molecule has 1 aromatic carbocycles. The Morgan fingerprint density at radius 1 is 1.12 bits per heavy atom. The maximum atomic E-state index is 13.3. The smallest absolute Gasteiger partial charge is 0.261 e. The zero-order valence-corrected chi connectivity index (χ0v) is 9.42. The number of benzene rings is 1. The predicted octanol–water partition coefficient (Wildman–Crippen LogP) is 2.84. The van der Waals surface area contributed by atoms with Crippen molar-refractivity contribution in [2.75, 3.05) is 0 Å². The van der Waals surface area contributed by atoms with Gasteiger partial charge in [0.15, 0.2) is 11.6 Å². The Morgan fingerprint density at radius 3 is 2.38 bits per heavy atom. The number of halogens is 2. The van der Waals surface area contributed by atoms with Crippen LogP contribution in [0.4, 0.5) is 8.78 Å². The van der Waals surface area contributed by atoms with Crippen LogP contribution in [0.5, 0.6) is 0 Å². The van der Waals surface area contributed by atoms with Crippen molar-refractivity contribution >= 4 is 10.8 Å². The van der Waals surface area contributed by atoms with Crippen LogP contribution in [0.15, 0.2) is 29.2 Å². The van der Waals surface area contributed by atoms with Gasteiger partial charge in [-0.05, 0) is 17.5 Å². The van der Waals surface area contributed by atoms with Crippen LogP contribution in [-0.4, -0.2) is 4.57 Å². The first kappa shape index (κ1) is 12.4. The first-order chi connectivity index (χ1) is 7.61. The van der Waals surface area contributed by atoms with Gasteiger partial charge in [-0.1, -0.05) is 19.9 Å². The fourth-order valence-electron chi connectivity index (χ4n) is 1.36. The Kier molecular flexibility index (Phi) is 3.77. The van der Waals surface area contributed by atoms with Crippen molar-refractivity contribution in [3.63, 3.8) is 0 Å². The summed E-state index contributed by atoms with van der Waals surface area (Å²) in [6, 6.07) is 3.96. The SMILES string of the molecule is CC.Cn1ccc2ccc(F)c(F)c2c1=O. The maximum absolute atomic E-state index is 13.3. The van der Waals surface area contributed by atoms with Crippen molar-refractivity contribution in [1.29, 1.82) is 0 Å². The van der Waals surface area contributed by atoms with Crippen LogP contribution < -0.4 is 5.56 Å². The minimum Gasteiger partial charge on any atom is -0.318 e. The Balaban J connectivity index is 0.000000606. The van der Waals surface area contributed by atoms with Crippen LogP contribution in [0.25, 0.3) is 10.8 Å². The van der Waals surface area contributed by atoms with Gasteiger partial charge >= 0.3 is 0 Å². The predicted molar refractivity (Wildman–Crippen MR) is 60.5 cm³/mol. The topological polar surface area (TPSA) is 22.0 Å². The summed E-state index contributed by atoms with van der Waals surface area (Å²) in [5.41, 5.74) is -0.528. The first-order valence-corrected chi connectivity index (χ1v) is 5.04. The Bertz CT molecular complexity index is 555. The second kappa shape index (κ2) is 4.88.